The van der Waals surface area contributed by atoms with E-state index in [1.54, 1.807) is 0 Å². The topological polar surface area (TPSA) is 340 Å². The number of hydrogen-bond acceptors (Lipinski definition) is 17. The van der Waals surface area contributed by atoms with E-state index in [1.807, 2.05) is 0 Å². The number of guanidine groups is 1. The van der Waals surface area contributed by atoms with Crippen LogP contribution in [0.2, 0.25) is 0 Å². The number of nitrogens with zero attached hydrogens (tertiary/aromatic N) is 6. The number of nitrogens with two attached hydrogens (primary N) is 2. The van der Waals surface area contributed by atoms with Crippen molar-refractivity contribution < 1.29 is 53.0 Å². The Balaban J connectivity index is 1.37. The van der Waals surface area contributed by atoms with E-state index in [0.717, 1.165) is 0 Å². The van der Waals surface area contributed by atoms with E-state index in [0.29, 0.717) is 21.6 Å². The molecular weight excluding hydrogens is 865 g/mol. The molecule has 0 bridgehead atoms. The van der Waals surface area contributed by atoms with Gasteiger partial charge in [-0.15, -0.1) is 0 Å². The lowest BCUT2D eigenvalue weighted by Crippen LogP contribution is -2.64. The zero-order valence-electron chi connectivity index (χ0n) is 33.9. The Morgan fingerprint density at radius 3 is 1.77 bits per heavy atom. The molecule has 2 saturated heterocycles. The molecule has 0 saturated carbocycles. The molecule has 0 aromatic heterocycles. The number of nitro groups is 3. The van der Waals surface area contributed by atoms with Gasteiger partial charge in [-0.1, -0.05) is 0 Å². The van der Waals surface area contributed by atoms with E-state index >= 15 is 0 Å². The first kappa shape index (κ1) is 47.6. The molecule has 6 N–H and O–H groups in total. The van der Waals surface area contributed by atoms with Gasteiger partial charge in [-0.3, -0.25) is 50.2 Å². The monoisotopic (exact) mass is 908 g/mol. The number of nitro benzene ring substituents is 3. The van der Waals surface area contributed by atoms with Crippen molar-refractivity contribution in [1.29, 1.82) is 5.41 Å². The predicted octanol–water partition coefficient (Wildman–Crippen LogP) is 2.89. The van der Waals surface area contributed by atoms with Crippen LogP contribution in [0.1, 0.15) is 42.4 Å². The third-order valence-electron chi connectivity index (χ3n) is 10.4. The Bertz CT molecular complexity index is 2270. The predicted molar refractivity (Wildman–Crippen MR) is 225 cm³/mol. The summed E-state index contributed by atoms with van der Waals surface area (Å²) < 4.78 is 16.4. The molecule has 0 radical (unpaired) electrons. The number of rotatable bonds is 17. The van der Waals surface area contributed by atoms with Crippen LogP contribution in [-0.4, -0.2) is 114 Å². The van der Waals surface area contributed by atoms with Crippen molar-refractivity contribution >= 4 is 65.6 Å². The van der Waals surface area contributed by atoms with Gasteiger partial charge in [-0.25, -0.2) is 19.3 Å². The van der Waals surface area contributed by atoms with Crippen molar-refractivity contribution in [3.63, 3.8) is 0 Å². The van der Waals surface area contributed by atoms with E-state index in [2.05, 4.69) is 17.9 Å². The average Bonchev–Trinajstić information content (AvgIpc) is 3.92. The molecule has 0 spiro atoms. The summed E-state index contributed by atoms with van der Waals surface area (Å²) in [6.45, 7) is -1.55. The smallest absolute Gasteiger partial charge is 0.417 e. The molecule has 340 valence electrons. The lowest BCUT2D eigenvalue weighted by molar-refractivity contribution is -0.385. The van der Waals surface area contributed by atoms with Gasteiger partial charge >= 0.3 is 18.2 Å². The van der Waals surface area contributed by atoms with E-state index in [9.17, 15) is 54.3 Å². The van der Waals surface area contributed by atoms with E-state index in [4.69, 9.17) is 31.1 Å². The summed E-state index contributed by atoms with van der Waals surface area (Å²) >= 11 is 4.49. The zero-order valence-corrected chi connectivity index (χ0v) is 34.8. The maximum Gasteiger partial charge on any atom is 0.417 e. The SMILES string of the molecule is N=C(N)NCCC[C@@](N)(C(=O)OCc1ccc([N+](=O)[O-])cc1)C(=O)N(C(=O)OCc1ccc([N+](=O)[O-])cc1)[C@H]1CCN(C(=O)[C@@H]2C[C@H](S)CN2C(=O)OCc2ccc([N+](=O)[O-])cc2)C1. The van der Waals surface area contributed by atoms with Crippen molar-refractivity contribution in [2.24, 2.45) is 11.5 Å². The van der Waals surface area contributed by atoms with Gasteiger partial charge in [0.25, 0.3) is 23.0 Å². The molecule has 2 fully saturated rings. The highest BCUT2D eigenvalue weighted by molar-refractivity contribution is 7.81. The Labute approximate surface area is 369 Å². The fourth-order valence-electron chi connectivity index (χ4n) is 6.97. The van der Waals surface area contributed by atoms with Crippen molar-refractivity contribution in [3.8, 4) is 0 Å². The summed E-state index contributed by atoms with van der Waals surface area (Å²) in [4.78, 5) is 105. The number of esters is 1. The van der Waals surface area contributed by atoms with Gasteiger partial charge < -0.3 is 35.9 Å². The molecule has 0 unspecified atom stereocenters. The van der Waals surface area contributed by atoms with Gasteiger partial charge in [0.2, 0.25) is 5.91 Å². The fourth-order valence-corrected chi connectivity index (χ4v) is 7.35. The third-order valence-corrected chi connectivity index (χ3v) is 10.8. The number of imide groups is 1. The number of hydrogen-bond donors (Lipinski definition) is 5. The van der Waals surface area contributed by atoms with Gasteiger partial charge in [0.15, 0.2) is 11.5 Å². The van der Waals surface area contributed by atoms with Crippen LogP contribution in [-0.2, 0) is 48.4 Å². The van der Waals surface area contributed by atoms with Crippen LogP contribution in [0.5, 0.6) is 0 Å². The molecule has 0 aliphatic carbocycles. The highest BCUT2D eigenvalue weighted by Gasteiger charge is 2.52. The van der Waals surface area contributed by atoms with Crippen molar-refractivity contribution in [1.82, 2.24) is 20.0 Å². The van der Waals surface area contributed by atoms with Crippen LogP contribution in [0.15, 0.2) is 72.8 Å². The minimum atomic E-state index is -2.60. The molecule has 3 aromatic rings. The summed E-state index contributed by atoms with van der Waals surface area (Å²) in [7, 11) is 0. The number of nitrogens with one attached hydrogen (secondary N) is 2. The number of likely N-dealkylation sites (tertiary alicyclic amines) is 2. The minimum absolute atomic E-state index is 0.0334. The summed E-state index contributed by atoms with van der Waals surface area (Å²) in [5, 5.41) is 42.9. The molecule has 4 atom stereocenters. The molecule has 25 heteroatoms. The zero-order chi connectivity index (χ0) is 46.7. The molecule has 24 nitrogen and oxygen atoms in total. The number of amides is 4. The molecule has 2 aliphatic heterocycles. The van der Waals surface area contributed by atoms with Crippen LogP contribution in [0.25, 0.3) is 0 Å². The van der Waals surface area contributed by atoms with Crippen LogP contribution >= 0.6 is 12.6 Å². The first-order valence-corrected chi connectivity index (χ1v) is 20.0. The molecule has 2 heterocycles. The van der Waals surface area contributed by atoms with E-state index in [-0.39, 0.29) is 69.1 Å². The first-order valence-electron chi connectivity index (χ1n) is 19.5. The van der Waals surface area contributed by atoms with Crippen molar-refractivity contribution in [2.45, 2.75) is 68.4 Å². The second kappa shape index (κ2) is 21.1. The third kappa shape index (κ3) is 11.9. The van der Waals surface area contributed by atoms with Gasteiger partial charge in [-0.05, 0) is 78.8 Å². The number of thiol groups is 1. The Morgan fingerprint density at radius 2 is 1.28 bits per heavy atom. The Hall–Kier alpha value is -7.41. The summed E-state index contributed by atoms with van der Waals surface area (Å²) in [5.74, 6) is -3.53. The summed E-state index contributed by atoms with van der Waals surface area (Å²) in [6, 6.07) is 13.2. The fraction of sp³-hybridized carbons (Fsp3) is 0.385. The van der Waals surface area contributed by atoms with Gasteiger partial charge in [0, 0.05) is 67.8 Å². The number of carbonyl (C=O) groups is 5. The second-order valence-corrected chi connectivity index (χ2v) is 15.6. The second-order valence-electron chi connectivity index (χ2n) is 14.8. The van der Waals surface area contributed by atoms with Crippen LogP contribution in [0.4, 0.5) is 26.7 Å². The van der Waals surface area contributed by atoms with Gasteiger partial charge in [0.1, 0.15) is 25.9 Å². The van der Waals surface area contributed by atoms with Crippen molar-refractivity contribution in [3.05, 3.63) is 120 Å². The largest absolute Gasteiger partial charge is 0.459 e. The maximum atomic E-state index is 14.7. The van der Waals surface area contributed by atoms with Crippen LogP contribution in [0, 0.1) is 35.8 Å². The number of carbonyl (C=O) groups excluding carboxylic acids is 5. The highest BCUT2D eigenvalue weighted by atomic mass is 32.1. The molecule has 3 aromatic carbocycles. The lowest BCUT2D eigenvalue weighted by Gasteiger charge is -2.34. The maximum absolute atomic E-state index is 14.7. The van der Waals surface area contributed by atoms with Gasteiger partial charge in [-0.2, -0.15) is 12.6 Å². The Kier molecular flexibility index (Phi) is 15.7. The number of ether oxygens (including phenoxy) is 3. The van der Waals surface area contributed by atoms with E-state index in [1.165, 1.54) is 82.6 Å². The molecule has 5 rings (SSSR count). The van der Waals surface area contributed by atoms with E-state index < -0.39 is 93.2 Å². The van der Waals surface area contributed by atoms with Gasteiger partial charge in [0.05, 0.1) is 20.8 Å². The molecule has 64 heavy (non-hydrogen) atoms. The molecule has 4 amide bonds. The Morgan fingerprint density at radius 1 is 0.797 bits per heavy atom. The quantitative estimate of drug-likeness (QED) is 0.0150. The van der Waals surface area contributed by atoms with Crippen LogP contribution in [0.3, 0.4) is 0 Å². The minimum Gasteiger partial charge on any atom is -0.459 e. The summed E-state index contributed by atoms with van der Waals surface area (Å²) in [6.07, 6.45) is -2.57. The lowest BCUT2D eigenvalue weighted by atomic mass is 9.91. The average molecular weight is 909 g/mol. The summed E-state index contributed by atoms with van der Waals surface area (Å²) in [5.41, 5.74) is 9.87. The first-order chi connectivity index (χ1) is 30.4. The molecular formula is C39H44N10O14S. The normalized spacial score (nSPS) is 17.7. The number of non-ortho nitro benzene ring substituents is 3. The number of benzene rings is 3. The van der Waals surface area contributed by atoms with Crippen molar-refractivity contribution in [2.75, 3.05) is 26.2 Å². The van der Waals surface area contributed by atoms with Crippen LogP contribution < -0.4 is 16.8 Å². The standard InChI is InChI=1S/C39H44N10O14S/c40-36(41)43-16-1-15-39(42,35(52)61-21-24-2-8-27(9-3-24)47(55)56)34(51)46(38(54)63-23-26-6-12-29(13-7-26)49(59)60)30-14-17-44(19-30)33(50)32-18-31(64)20-45(32)37(53)62-22-25-4-10-28(11-5-25)48(57)58/h2-13,30-32,64H,1,14-23,42H2,(H4,40,41,43)/t30-,31-,32-,39-/m0/s1. The highest BCUT2D eigenvalue weighted by Crippen LogP contribution is 2.29. The molecule has 2 aliphatic rings.